The van der Waals surface area contributed by atoms with Gasteiger partial charge >= 0.3 is 0 Å². The number of thiazole rings is 1. The SMILES string of the molecule is OC1CCCc2sc(C3CCCCC3)nc21. The van der Waals surface area contributed by atoms with Crippen molar-refractivity contribution < 1.29 is 5.11 Å². The number of aliphatic hydroxyl groups is 1. The molecule has 1 heterocycles. The van der Waals surface area contributed by atoms with Crippen LogP contribution in [0.4, 0.5) is 0 Å². The zero-order valence-electron chi connectivity index (χ0n) is 9.61. The van der Waals surface area contributed by atoms with Gasteiger partial charge in [-0.3, -0.25) is 0 Å². The number of hydrogen-bond acceptors (Lipinski definition) is 3. The summed E-state index contributed by atoms with van der Waals surface area (Å²) >= 11 is 1.87. The van der Waals surface area contributed by atoms with Crippen LogP contribution in [0.5, 0.6) is 0 Å². The van der Waals surface area contributed by atoms with E-state index in [1.165, 1.54) is 42.0 Å². The molecule has 0 spiro atoms. The van der Waals surface area contributed by atoms with Crippen LogP contribution in [0.1, 0.15) is 72.5 Å². The molecule has 1 unspecified atom stereocenters. The van der Waals surface area contributed by atoms with Crippen LogP contribution in [-0.4, -0.2) is 10.1 Å². The molecular weight excluding hydrogens is 218 g/mol. The highest BCUT2D eigenvalue weighted by Gasteiger charge is 2.26. The van der Waals surface area contributed by atoms with Gasteiger partial charge in [-0.1, -0.05) is 19.3 Å². The van der Waals surface area contributed by atoms with E-state index < -0.39 is 0 Å². The minimum Gasteiger partial charge on any atom is -0.387 e. The minimum atomic E-state index is -0.280. The van der Waals surface area contributed by atoms with Crippen molar-refractivity contribution >= 4 is 11.3 Å². The van der Waals surface area contributed by atoms with E-state index in [0.717, 1.165) is 25.0 Å². The molecular formula is C13H19NOS. The van der Waals surface area contributed by atoms with Crippen LogP contribution >= 0.6 is 11.3 Å². The molecule has 0 radical (unpaired) electrons. The van der Waals surface area contributed by atoms with Gasteiger partial charge in [-0.25, -0.2) is 4.98 Å². The van der Waals surface area contributed by atoms with Crippen molar-refractivity contribution in [3.05, 3.63) is 15.6 Å². The quantitative estimate of drug-likeness (QED) is 0.810. The Hall–Kier alpha value is -0.410. The first-order valence-electron chi connectivity index (χ1n) is 6.52. The summed E-state index contributed by atoms with van der Waals surface area (Å²) < 4.78 is 0. The third kappa shape index (κ3) is 1.91. The second-order valence-electron chi connectivity index (χ2n) is 5.10. The van der Waals surface area contributed by atoms with Crippen LogP contribution < -0.4 is 0 Å². The van der Waals surface area contributed by atoms with Crippen LogP contribution in [-0.2, 0) is 6.42 Å². The molecule has 1 N–H and O–H groups in total. The Morgan fingerprint density at radius 3 is 2.62 bits per heavy atom. The van der Waals surface area contributed by atoms with E-state index in [-0.39, 0.29) is 6.10 Å². The van der Waals surface area contributed by atoms with Crippen molar-refractivity contribution in [3.63, 3.8) is 0 Å². The highest BCUT2D eigenvalue weighted by atomic mass is 32.1. The van der Waals surface area contributed by atoms with E-state index in [1.807, 2.05) is 11.3 Å². The highest BCUT2D eigenvalue weighted by Crippen LogP contribution is 2.39. The first-order chi connectivity index (χ1) is 7.84. The van der Waals surface area contributed by atoms with Gasteiger partial charge < -0.3 is 5.11 Å². The predicted octanol–water partition coefficient (Wildman–Crippen LogP) is 3.56. The summed E-state index contributed by atoms with van der Waals surface area (Å²) in [5, 5.41) is 11.2. The fourth-order valence-electron chi connectivity index (χ4n) is 2.94. The summed E-state index contributed by atoms with van der Waals surface area (Å²) in [5.74, 6) is 0.691. The lowest BCUT2D eigenvalue weighted by molar-refractivity contribution is 0.152. The van der Waals surface area contributed by atoms with E-state index in [4.69, 9.17) is 4.98 Å². The van der Waals surface area contributed by atoms with E-state index in [9.17, 15) is 5.11 Å². The Morgan fingerprint density at radius 2 is 1.88 bits per heavy atom. The molecule has 0 bridgehead atoms. The Labute approximate surface area is 101 Å². The summed E-state index contributed by atoms with van der Waals surface area (Å²) in [6.07, 6.45) is 9.61. The molecule has 88 valence electrons. The Balaban J connectivity index is 1.85. The summed E-state index contributed by atoms with van der Waals surface area (Å²) in [6, 6.07) is 0. The lowest BCUT2D eigenvalue weighted by Crippen LogP contribution is -2.08. The van der Waals surface area contributed by atoms with E-state index in [0.29, 0.717) is 5.92 Å². The smallest absolute Gasteiger partial charge is 0.0971 e. The molecule has 0 aliphatic heterocycles. The maximum atomic E-state index is 9.92. The standard InChI is InChI=1S/C13H19NOS/c15-10-7-4-8-11-12(10)14-13(16-11)9-5-2-1-3-6-9/h9-10,15H,1-8H2. The Bertz CT molecular complexity index is 368. The molecule has 1 saturated carbocycles. The van der Waals surface area contributed by atoms with Gasteiger partial charge in [0.05, 0.1) is 16.8 Å². The van der Waals surface area contributed by atoms with Crippen molar-refractivity contribution in [1.29, 1.82) is 0 Å². The molecule has 0 aromatic carbocycles. The first-order valence-corrected chi connectivity index (χ1v) is 7.34. The Kier molecular flexibility index (Phi) is 2.99. The molecule has 1 atom stereocenters. The van der Waals surface area contributed by atoms with Crippen LogP contribution in [0.15, 0.2) is 0 Å². The third-order valence-electron chi connectivity index (χ3n) is 3.90. The number of aromatic nitrogens is 1. The predicted molar refractivity (Wildman–Crippen MR) is 65.8 cm³/mol. The van der Waals surface area contributed by atoms with E-state index in [2.05, 4.69) is 0 Å². The average Bonchev–Trinajstić information content (AvgIpc) is 2.76. The molecule has 3 heteroatoms. The average molecular weight is 237 g/mol. The van der Waals surface area contributed by atoms with Crippen LogP contribution in [0.2, 0.25) is 0 Å². The number of nitrogens with zero attached hydrogens (tertiary/aromatic N) is 1. The van der Waals surface area contributed by atoms with Crippen molar-refractivity contribution in [2.24, 2.45) is 0 Å². The van der Waals surface area contributed by atoms with Gasteiger partial charge in [0.1, 0.15) is 0 Å². The molecule has 3 rings (SSSR count). The van der Waals surface area contributed by atoms with Gasteiger partial charge in [-0.2, -0.15) is 0 Å². The number of aliphatic hydroxyl groups excluding tert-OH is 1. The van der Waals surface area contributed by atoms with Crippen molar-refractivity contribution in [2.75, 3.05) is 0 Å². The van der Waals surface area contributed by atoms with Crippen molar-refractivity contribution in [2.45, 2.75) is 63.4 Å². The highest BCUT2D eigenvalue weighted by molar-refractivity contribution is 7.11. The third-order valence-corrected chi connectivity index (χ3v) is 5.19. The van der Waals surface area contributed by atoms with E-state index >= 15 is 0 Å². The second kappa shape index (κ2) is 4.46. The molecule has 1 aromatic rings. The number of fused-ring (bicyclic) bond motifs is 1. The maximum Gasteiger partial charge on any atom is 0.0971 e. The number of rotatable bonds is 1. The van der Waals surface area contributed by atoms with Crippen LogP contribution in [0.25, 0.3) is 0 Å². The van der Waals surface area contributed by atoms with Crippen molar-refractivity contribution in [1.82, 2.24) is 4.98 Å². The second-order valence-corrected chi connectivity index (χ2v) is 6.22. The van der Waals surface area contributed by atoms with Crippen LogP contribution in [0, 0.1) is 0 Å². The zero-order valence-corrected chi connectivity index (χ0v) is 10.4. The molecule has 2 aliphatic carbocycles. The fraction of sp³-hybridized carbons (Fsp3) is 0.769. The normalized spacial score (nSPS) is 26.7. The summed E-state index contributed by atoms with van der Waals surface area (Å²) in [7, 11) is 0. The zero-order chi connectivity index (χ0) is 11.0. The number of aryl methyl sites for hydroxylation is 1. The van der Waals surface area contributed by atoms with Gasteiger partial charge in [0, 0.05) is 10.8 Å². The first kappa shape index (κ1) is 10.7. The van der Waals surface area contributed by atoms with Gasteiger partial charge in [0.25, 0.3) is 0 Å². The van der Waals surface area contributed by atoms with Crippen LogP contribution in [0.3, 0.4) is 0 Å². The summed E-state index contributed by atoms with van der Waals surface area (Å²) in [6.45, 7) is 0. The minimum absolute atomic E-state index is 0.280. The molecule has 0 saturated heterocycles. The molecule has 1 fully saturated rings. The van der Waals surface area contributed by atoms with E-state index in [1.54, 1.807) is 0 Å². The van der Waals surface area contributed by atoms with Gasteiger partial charge in [0.15, 0.2) is 0 Å². The van der Waals surface area contributed by atoms with Gasteiger partial charge in [-0.15, -0.1) is 11.3 Å². The molecule has 0 amide bonds. The summed E-state index contributed by atoms with van der Waals surface area (Å²) in [4.78, 5) is 6.08. The molecule has 1 aromatic heterocycles. The van der Waals surface area contributed by atoms with Gasteiger partial charge in [-0.05, 0) is 32.1 Å². The molecule has 2 aliphatic rings. The molecule has 2 nitrogen and oxygen atoms in total. The fourth-order valence-corrected chi connectivity index (χ4v) is 4.27. The molecule has 16 heavy (non-hydrogen) atoms. The number of hydrogen-bond donors (Lipinski definition) is 1. The lowest BCUT2D eigenvalue weighted by atomic mass is 9.90. The Morgan fingerprint density at radius 1 is 1.06 bits per heavy atom. The lowest BCUT2D eigenvalue weighted by Gasteiger charge is -2.19. The topological polar surface area (TPSA) is 33.1 Å². The van der Waals surface area contributed by atoms with Crippen molar-refractivity contribution in [3.8, 4) is 0 Å². The largest absolute Gasteiger partial charge is 0.387 e. The monoisotopic (exact) mass is 237 g/mol. The summed E-state index contributed by atoms with van der Waals surface area (Å²) in [5.41, 5.74) is 1.01. The van der Waals surface area contributed by atoms with Gasteiger partial charge in [0.2, 0.25) is 0 Å². The maximum absolute atomic E-state index is 9.92.